The molecule has 1 aromatic carbocycles. The molecule has 2 rings (SSSR count). The van der Waals surface area contributed by atoms with Gasteiger partial charge in [0.1, 0.15) is 5.76 Å². The van der Waals surface area contributed by atoms with Gasteiger partial charge in [-0.3, -0.25) is 4.79 Å². The lowest BCUT2D eigenvalue weighted by atomic mass is 10.2. The van der Waals surface area contributed by atoms with Crippen LogP contribution >= 0.6 is 0 Å². The molecule has 19 heavy (non-hydrogen) atoms. The minimum atomic E-state index is -1.04. The van der Waals surface area contributed by atoms with E-state index < -0.39 is 5.97 Å². The van der Waals surface area contributed by atoms with Crippen molar-refractivity contribution >= 4 is 23.6 Å². The van der Waals surface area contributed by atoms with Gasteiger partial charge in [-0.1, -0.05) is 6.07 Å². The number of furan rings is 1. The van der Waals surface area contributed by atoms with Gasteiger partial charge in [0.05, 0.1) is 11.8 Å². The second kappa shape index (κ2) is 5.68. The number of rotatable bonds is 4. The van der Waals surface area contributed by atoms with E-state index in [9.17, 15) is 9.59 Å². The zero-order valence-electron chi connectivity index (χ0n) is 9.87. The minimum absolute atomic E-state index is 0.118. The fourth-order valence-corrected chi connectivity index (χ4v) is 1.46. The van der Waals surface area contributed by atoms with Crippen molar-refractivity contribution in [2.75, 3.05) is 5.32 Å². The first-order chi connectivity index (χ1) is 9.15. The van der Waals surface area contributed by atoms with Crippen molar-refractivity contribution < 1.29 is 19.1 Å². The Kier molecular flexibility index (Phi) is 3.78. The molecule has 5 nitrogen and oxygen atoms in total. The van der Waals surface area contributed by atoms with E-state index in [0.717, 1.165) is 0 Å². The quantitative estimate of drug-likeness (QED) is 0.825. The summed E-state index contributed by atoms with van der Waals surface area (Å²) in [7, 11) is 0. The molecule has 0 bridgehead atoms. The van der Waals surface area contributed by atoms with Gasteiger partial charge in [-0.05, 0) is 36.4 Å². The Balaban J connectivity index is 2.03. The number of amides is 1. The van der Waals surface area contributed by atoms with Gasteiger partial charge >= 0.3 is 5.97 Å². The van der Waals surface area contributed by atoms with Crippen LogP contribution in [0.25, 0.3) is 6.08 Å². The largest absolute Gasteiger partial charge is 0.478 e. The Bertz CT molecular complexity index is 614. The SMILES string of the molecule is O=C(C=Cc1ccco1)Nc1cccc(C(=O)O)c1. The molecule has 0 aliphatic rings. The highest BCUT2D eigenvalue weighted by Crippen LogP contribution is 2.11. The lowest BCUT2D eigenvalue weighted by molar-refractivity contribution is -0.111. The lowest BCUT2D eigenvalue weighted by Crippen LogP contribution is -2.08. The number of aromatic carboxylic acids is 1. The molecule has 0 fully saturated rings. The zero-order chi connectivity index (χ0) is 13.7. The Morgan fingerprint density at radius 2 is 2.05 bits per heavy atom. The molecular weight excluding hydrogens is 246 g/mol. The monoisotopic (exact) mass is 257 g/mol. The summed E-state index contributed by atoms with van der Waals surface area (Å²) >= 11 is 0. The molecule has 0 saturated carbocycles. The number of carbonyl (C=O) groups excluding carboxylic acids is 1. The first-order valence-corrected chi connectivity index (χ1v) is 5.51. The van der Waals surface area contributed by atoms with Crippen LogP contribution in [-0.2, 0) is 4.79 Å². The molecule has 1 amide bonds. The third-order valence-electron chi connectivity index (χ3n) is 2.32. The number of anilines is 1. The van der Waals surface area contributed by atoms with Crippen LogP contribution in [0, 0.1) is 0 Å². The van der Waals surface area contributed by atoms with Crippen LogP contribution in [0.2, 0.25) is 0 Å². The first-order valence-electron chi connectivity index (χ1n) is 5.51. The molecule has 0 spiro atoms. The number of carbonyl (C=O) groups is 2. The summed E-state index contributed by atoms with van der Waals surface area (Å²) in [5.41, 5.74) is 0.543. The summed E-state index contributed by atoms with van der Waals surface area (Å²) in [6.45, 7) is 0. The molecule has 1 aromatic heterocycles. The summed E-state index contributed by atoms with van der Waals surface area (Å²) in [6, 6.07) is 9.46. The van der Waals surface area contributed by atoms with Gasteiger partial charge in [-0.25, -0.2) is 4.79 Å². The first kappa shape index (κ1) is 12.6. The molecule has 96 valence electrons. The van der Waals surface area contributed by atoms with Gasteiger partial charge in [0.25, 0.3) is 0 Å². The highest BCUT2D eigenvalue weighted by Gasteiger charge is 2.04. The number of hydrogen-bond donors (Lipinski definition) is 2. The highest BCUT2D eigenvalue weighted by atomic mass is 16.4. The van der Waals surface area contributed by atoms with E-state index in [1.54, 1.807) is 24.3 Å². The number of benzene rings is 1. The van der Waals surface area contributed by atoms with Gasteiger partial charge < -0.3 is 14.8 Å². The normalized spacial score (nSPS) is 10.5. The Morgan fingerprint density at radius 3 is 2.74 bits per heavy atom. The Morgan fingerprint density at radius 1 is 1.21 bits per heavy atom. The molecule has 0 saturated heterocycles. The van der Waals surface area contributed by atoms with Crippen LogP contribution < -0.4 is 5.32 Å². The summed E-state index contributed by atoms with van der Waals surface area (Å²) in [6.07, 6.45) is 4.34. The second-order valence-corrected chi connectivity index (χ2v) is 3.72. The minimum Gasteiger partial charge on any atom is -0.478 e. The Labute approximate surface area is 109 Å². The van der Waals surface area contributed by atoms with E-state index in [4.69, 9.17) is 9.52 Å². The van der Waals surface area contributed by atoms with Crippen molar-refractivity contribution in [1.82, 2.24) is 0 Å². The highest BCUT2D eigenvalue weighted by molar-refractivity contribution is 6.02. The molecule has 0 unspecified atom stereocenters. The van der Waals surface area contributed by atoms with E-state index >= 15 is 0 Å². The van der Waals surface area contributed by atoms with E-state index in [1.165, 1.54) is 30.5 Å². The van der Waals surface area contributed by atoms with Gasteiger partial charge in [0, 0.05) is 11.8 Å². The fraction of sp³-hybridized carbons (Fsp3) is 0. The molecule has 0 aliphatic heterocycles. The maximum absolute atomic E-state index is 11.6. The topological polar surface area (TPSA) is 79.5 Å². The predicted octanol–water partition coefficient (Wildman–Crippen LogP) is 2.63. The van der Waals surface area contributed by atoms with Crippen molar-refractivity contribution in [1.29, 1.82) is 0 Å². The van der Waals surface area contributed by atoms with E-state index in [2.05, 4.69) is 5.32 Å². The molecule has 5 heteroatoms. The molecule has 2 aromatic rings. The average Bonchev–Trinajstić information content (AvgIpc) is 2.90. The van der Waals surface area contributed by atoms with Crippen molar-refractivity contribution in [3.05, 3.63) is 60.1 Å². The molecule has 2 N–H and O–H groups in total. The third-order valence-corrected chi connectivity index (χ3v) is 2.32. The van der Waals surface area contributed by atoms with Crippen LogP contribution in [0.5, 0.6) is 0 Å². The lowest BCUT2D eigenvalue weighted by Gasteiger charge is -2.02. The maximum atomic E-state index is 11.6. The van der Waals surface area contributed by atoms with E-state index in [1.807, 2.05) is 0 Å². The third kappa shape index (κ3) is 3.57. The second-order valence-electron chi connectivity index (χ2n) is 3.72. The van der Waals surface area contributed by atoms with E-state index in [-0.39, 0.29) is 11.5 Å². The zero-order valence-corrected chi connectivity index (χ0v) is 9.87. The van der Waals surface area contributed by atoms with Gasteiger partial charge in [0.15, 0.2) is 0 Å². The Hall–Kier alpha value is -2.82. The molecule has 0 radical (unpaired) electrons. The average molecular weight is 257 g/mol. The van der Waals surface area contributed by atoms with Crippen LogP contribution in [0.1, 0.15) is 16.1 Å². The molecule has 0 atom stereocenters. The van der Waals surface area contributed by atoms with Crippen LogP contribution in [-0.4, -0.2) is 17.0 Å². The maximum Gasteiger partial charge on any atom is 0.335 e. The van der Waals surface area contributed by atoms with Crippen molar-refractivity contribution in [3.63, 3.8) is 0 Å². The standard InChI is InChI=1S/C14H11NO4/c16-13(7-6-12-5-2-8-19-12)15-11-4-1-3-10(9-11)14(17)18/h1-9H,(H,15,16)(H,17,18). The van der Waals surface area contributed by atoms with Gasteiger partial charge in [0.2, 0.25) is 5.91 Å². The van der Waals surface area contributed by atoms with Crippen LogP contribution in [0.15, 0.2) is 53.2 Å². The molecule has 0 aliphatic carbocycles. The number of nitrogens with one attached hydrogen (secondary N) is 1. The molecule has 1 heterocycles. The summed E-state index contributed by atoms with van der Waals surface area (Å²) in [4.78, 5) is 22.4. The summed E-state index contributed by atoms with van der Waals surface area (Å²) < 4.78 is 5.04. The number of carboxylic acids is 1. The van der Waals surface area contributed by atoms with Crippen LogP contribution in [0.3, 0.4) is 0 Å². The summed E-state index contributed by atoms with van der Waals surface area (Å²) in [5.74, 6) is -0.837. The van der Waals surface area contributed by atoms with Crippen molar-refractivity contribution in [2.45, 2.75) is 0 Å². The molecular formula is C14H11NO4. The number of hydrogen-bond acceptors (Lipinski definition) is 3. The van der Waals surface area contributed by atoms with Gasteiger partial charge in [-0.2, -0.15) is 0 Å². The summed E-state index contributed by atoms with van der Waals surface area (Å²) in [5, 5.41) is 11.4. The number of carboxylic acid groups (broad SMARTS) is 1. The smallest absolute Gasteiger partial charge is 0.335 e. The predicted molar refractivity (Wildman–Crippen MR) is 69.8 cm³/mol. The van der Waals surface area contributed by atoms with E-state index in [0.29, 0.717) is 11.4 Å². The fourth-order valence-electron chi connectivity index (χ4n) is 1.46. The van der Waals surface area contributed by atoms with Gasteiger partial charge in [-0.15, -0.1) is 0 Å². The van der Waals surface area contributed by atoms with Crippen molar-refractivity contribution in [3.8, 4) is 0 Å². The van der Waals surface area contributed by atoms with Crippen molar-refractivity contribution in [2.24, 2.45) is 0 Å². The van der Waals surface area contributed by atoms with Crippen LogP contribution in [0.4, 0.5) is 5.69 Å².